The second-order valence-electron chi connectivity index (χ2n) is 9.42. The Balaban J connectivity index is 1.63. The van der Waals surface area contributed by atoms with Gasteiger partial charge in [-0.25, -0.2) is 4.39 Å². The second kappa shape index (κ2) is 11.6. The van der Waals surface area contributed by atoms with Gasteiger partial charge in [0.25, 0.3) is 5.91 Å². The zero-order chi connectivity index (χ0) is 28.2. The summed E-state index contributed by atoms with van der Waals surface area (Å²) in [6, 6.07) is 12.7. The van der Waals surface area contributed by atoms with Crippen LogP contribution in [0.1, 0.15) is 40.9 Å². The number of rotatable bonds is 10. The van der Waals surface area contributed by atoms with Crippen LogP contribution in [0.3, 0.4) is 0 Å². The van der Waals surface area contributed by atoms with Gasteiger partial charge in [0.1, 0.15) is 18.3 Å². The van der Waals surface area contributed by atoms with E-state index in [0.717, 1.165) is 13.0 Å². The van der Waals surface area contributed by atoms with Crippen LogP contribution in [0.25, 0.3) is 11.3 Å². The van der Waals surface area contributed by atoms with E-state index in [0.29, 0.717) is 11.1 Å². The number of aromatic nitrogens is 1. The SMILES string of the molecule is COc1cc(C(=O)NCC(c2cc([C@]3(C)CCN3)cc(-c3ccc(F)cc3)n2)C(F)(F)F)ccc1OCCO. The topological polar surface area (TPSA) is 92.7 Å². The van der Waals surface area contributed by atoms with Crippen molar-refractivity contribution >= 4 is 5.91 Å². The molecule has 0 bridgehead atoms. The molecule has 3 aromatic rings. The summed E-state index contributed by atoms with van der Waals surface area (Å²) in [5, 5.41) is 14.6. The van der Waals surface area contributed by atoms with E-state index in [-0.39, 0.29) is 41.7 Å². The summed E-state index contributed by atoms with van der Waals surface area (Å²) >= 11 is 0. The van der Waals surface area contributed by atoms with Gasteiger partial charge in [0.2, 0.25) is 0 Å². The summed E-state index contributed by atoms with van der Waals surface area (Å²) in [6.45, 7) is 1.66. The van der Waals surface area contributed by atoms with Gasteiger partial charge in [-0.15, -0.1) is 0 Å². The molecule has 2 heterocycles. The van der Waals surface area contributed by atoms with E-state index in [1.807, 2.05) is 6.92 Å². The normalized spacial score (nSPS) is 17.7. The van der Waals surface area contributed by atoms with E-state index < -0.39 is 35.9 Å². The first-order valence-corrected chi connectivity index (χ1v) is 12.3. The van der Waals surface area contributed by atoms with Gasteiger partial charge < -0.3 is 25.2 Å². The van der Waals surface area contributed by atoms with Crippen molar-refractivity contribution in [2.24, 2.45) is 0 Å². The van der Waals surface area contributed by atoms with Crippen LogP contribution in [-0.4, -0.2) is 55.6 Å². The van der Waals surface area contributed by atoms with Gasteiger partial charge in [-0.2, -0.15) is 13.2 Å². The zero-order valence-corrected chi connectivity index (χ0v) is 21.4. The number of carbonyl (C=O) groups excluding carboxylic acids is 1. The molecule has 3 N–H and O–H groups in total. The van der Waals surface area contributed by atoms with E-state index in [9.17, 15) is 22.4 Å². The maximum Gasteiger partial charge on any atom is 0.398 e. The molecule has 1 unspecified atom stereocenters. The maximum absolute atomic E-state index is 14.3. The first kappa shape index (κ1) is 28.3. The van der Waals surface area contributed by atoms with Crippen LogP contribution >= 0.6 is 0 Å². The van der Waals surface area contributed by atoms with Crippen molar-refractivity contribution < 1.29 is 36.9 Å². The van der Waals surface area contributed by atoms with Crippen molar-refractivity contribution in [2.75, 3.05) is 33.4 Å². The molecule has 0 saturated carbocycles. The van der Waals surface area contributed by atoms with Crippen molar-refractivity contribution in [1.29, 1.82) is 0 Å². The molecule has 1 amide bonds. The van der Waals surface area contributed by atoms with E-state index in [4.69, 9.17) is 14.6 Å². The summed E-state index contributed by atoms with van der Waals surface area (Å²) in [7, 11) is 1.36. The highest BCUT2D eigenvalue weighted by Gasteiger charge is 2.43. The molecule has 1 saturated heterocycles. The number of aliphatic hydroxyl groups is 1. The Bertz CT molecular complexity index is 1310. The Hall–Kier alpha value is -3.70. The van der Waals surface area contributed by atoms with Gasteiger partial charge >= 0.3 is 6.18 Å². The predicted molar refractivity (Wildman–Crippen MR) is 136 cm³/mol. The first-order valence-electron chi connectivity index (χ1n) is 12.3. The smallest absolute Gasteiger partial charge is 0.398 e. The van der Waals surface area contributed by atoms with Gasteiger partial charge in [-0.1, -0.05) is 0 Å². The number of carbonyl (C=O) groups is 1. The fraction of sp³-hybridized carbons (Fsp3) is 0.357. The molecule has 208 valence electrons. The molecule has 1 aliphatic heterocycles. The van der Waals surface area contributed by atoms with Crippen LogP contribution in [0.4, 0.5) is 17.6 Å². The number of pyridine rings is 1. The first-order chi connectivity index (χ1) is 18.5. The van der Waals surface area contributed by atoms with Crippen molar-refractivity contribution in [3.63, 3.8) is 0 Å². The summed E-state index contributed by atoms with van der Waals surface area (Å²) in [6.07, 6.45) is -3.99. The largest absolute Gasteiger partial charge is 0.493 e. The Morgan fingerprint density at radius 2 is 1.87 bits per heavy atom. The Labute approximate surface area is 223 Å². The zero-order valence-electron chi connectivity index (χ0n) is 21.4. The lowest BCUT2D eigenvalue weighted by Gasteiger charge is -2.41. The molecule has 39 heavy (non-hydrogen) atoms. The Kier molecular flexibility index (Phi) is 8.41. The Morgan fingerprint density at radius 1 is 1.15 bits per heavy atom. The lowest BCUT2D eigenvalue weighted by atomic mass is 9.81. The van der Waals surface area contributed by atoms with Crippen LogP contribution in [0, 0.1) is 5.82 Å². The minimum atomic E-state index is -4.72. The summed E-state index contributed by atoms with van der Waals surface area (Å²) in [4.78, 5) is 17.1. The average molecular weight is 548 g/mol. The molecular formula is C28H29F4N3O4. The molecule has 0 radical (unpaired) electrons. The number of halogens is 4. The highest BCUT2D eigenvalue weighted by Crippen LogP contribution is 2.39. The second-order valence-corrected chi connectivity index (χ2v) is 9.42. The molecular weight excluding hydrogens is 518 g/mol. The van der Waals surface area contributed by atoms with Gasteiger partial charge in [-0.3, -0.25) is 9.78 Å². The minimum absolute atomic E-state index is 0.00963. The van der Waals surface area contributed by atoms with Gasteiger partial charge in [0.15, 0.2) is 11.5 Å². The van der Waals surface area contributed by atoms with E-state index in [1.54, 1.807) is 6.07 Å². The molecule has 1 aromatic heterocycles. The third kappa shape index (κ3) is 6.48. The summed E-state index contributed by atoms with van der Waals surface area (Å²) < 4.78 is 67.1. The van der Waals surface area contributed by atoms with Gasteiger partial charge in [0, 0.05) is 23.2 Å². The molecule has 2 aromatic carbocycles. The van der Waals surface area contributed by atoms with E-state index >= 15 is 0 Å². The van der Waals surface area contributed by atoms with Crippen molar-refractivity contribution in [1.82, 2.24) is 15.6 Å². The molecule has 11 heteroatoms. The third-order valence-corrected chi connectivity index (χ3v) is 6.76. The number of aliphatic hydroxyl groups excluding tert-OH is 1. The number of alkyl halides is 3. The molecule has 7 nitrogen and oxygen atoms in total. The van der Waals surface area contributed by atoms with Gasteiger partial charge in [0.05, 0.1) is 25.1 Å². The number of hydrogen-bond donors (Lipinski definition) is 3. The number of benzene rings is 2. The number of hydrogen-bond acceptors (Lipinski definition) is 6. The van der Waals surface area contributed by atoms with Crippen LogP contribution in [0.5, 0.6) is 11.5 Å². The number of nitrogens with one attached hydrogen (secondary N) is 2. The number of methoxy groups -OCH3 is 1. The summed E-state index contributed by atoms with van der Waals surface area (Å²) in [5.41, 5.74) is 0.678. The third-order valence-electron chi connectivity index (χ3n) is 6.76. The van der Waals surface area contributed by atoms with Crippen molar-refractivity contribution in [2.45, 2.75) is 31.0 Å². The van der Waals surface area contributed by atoms with Crippen molar-refractivity contribution in [3.8, 4) is 22.8 Å². The monoisotopic (exact) mass is 547 g/mol. The quantitative estimate of drug-likeness (QED) is 0.323. The highest BCUT2D eigenvalue weighted by molar-refractivity contribution is 5.95. The molecule has 4 rings (SSSR count). The van der Waals surface area contributed by atoms with Crippen LogP contribution < -0.4 is 20.1 Å². The lowest BCUT2D eigenvalue weighted by Crippen LogP contribution is -2.51. The highest BCUT2D eigenvalue weighted by atomic mass is 19.4. The molecule has 1 aliphatic rings. The fourth-order valence-corrected chi connectivity index (χ4v) is 4.33. The number of amides is 1. The number of nitrogens with zero attached hydrogens (tertiary/aromatic N) is 1. The van der Waals surface area contributed by atoms with Crippen molar-refractivity contribution in [3.05, 3.63) is 77.2 Å². The fourth-order valence-electron chi connectivity index (χ4n) is 4.33. The van der Waals surface area contributed by atoms with Crippen LogP contribution in [0.15, 0.2) is 54.6 Å². The standard InChI is InChI=1S/C28H29F4N3O4/c1-27(9-10-34-27)19-14-22(17-3-6-20(29)7-4-17)35-23(15-19)21(28(30,31)32)16-33-26(37)18-5-8-24(39-12-11-36)25(13-18)38-2/h3-8,13-15,21,34,36H,9-12,16H2,1-2H3,(H,33,37)/t21?,27-/m0/s1. The van der Waals surface area contributed by atoms with Crippen LogP contribution in [0.2, 0.25) is 0 Å². The predicted octanol–water partition coefficient (Wildman–Crippen LogP) is 4.55. The summed E-state index contributed by atoms with van der Waals surface area (Å²) in [5.74, 6) is -2.83. The van der Waals surface area contributed by atoms with Crippen LogP contribution in [-0.2, 0) is 5.54 Å². The average Bonchev–Trinajstić information content (AvgIpc) is 2.89. The minimum Gasteiger partial charge on any atom is -0.493 e. The lowest BCUT2D eigenvalue weighted by molar-refractivity contribution is -0.149. The van der Waals surface area contributed by atoms with E-state index in [1.165, 1.54) is 55.6 Å². The maximum atomic E-state index is 14.3. The Morgan fingerprint density at radius 3 is 2.46 bits per heavy atom. The molecule has 0 spiro atoms. The molecule has 2 atom stereocenters. The van der Waals surface area contributed by atoms with Gasteiger partial charge in [-0.05, 0) is 80.1 Å². The van der Waals surface area contributed by atoms with E-state index in [2.05, 4.69) is 15.6 Å². The molecule has 1 fully saturated rings. The number of ether oxygens (including phenoxy) is 2. The molecule has 0 aliphatic carbocycles.